The maximum atomic E-state index is 5.15. The lowest BCUT2D eigenvalue weighted by Gasteiger charge is -2.24. The fourth-order valence-electron chi connectivity index (χ4n) is 2.41. The predicted molar refractivity (Wildman–Crippen MR) is 65.0 cm³/mol. The number of aromatic nitrogens is 4. The van der Waals surface area contributed by atoms with Crippen molar-refractivity contribution in [2.45, 2.75) is 38.8 Å². The molecule has 1 N–H and O–H groups in total. The molecule has 1 unspecified atom stereocenters. The zero-order valence-electron chi connectivity index (χ0n) is 10.5. The van der Waals surface area contributed by atoms with Gasteiger partial charge in [-0.2, -0.15) is 4.98 Å². The third kappa shape index (κ3) is 2.28. The maximum Gasteiger partial charge on any atom is 0.246 e. The molecule has 0 radical (unpaired) electrons. The van der Waals surface area contributed by atoms with Gasteiger partial charge in [-0.15, -0.1) is 0 Å². The Bertz CT molecular complexity index is 512. The highest BCUT2D eigenvalue weighted by atomic mass is 16.5. The lowest BCUT2D eigenvalue weighted by atomic mass is 10.0. The summed E-state index contributed by atoms with van der Waals surface area (Å²) in [6.07, 6.45) is 7.43. The Hall–Kier alpha value is -1.69. The topological polar surface area (TPSA) is 68.8 Å². The number of piperidine rings is 1. The first kappa shape index (κ1) is 11.4. The van der Waals surface area contributed by atoms with Crippen LogP contribution in [0.3, 0.4) is 0 Å². The lowest BCUT2D eigenvalue weighted by molar-refractivity contribution is 0.357. The number of imidazole rings is 1. The van der Waals surface area contributed by atoms with Crippen molar-refractivity contribution >= 4 is 0 Å². The van der Waals surface area contributed by atoms with E-state index in [0.717, 1.165) is 13.0 Å². The van der Waals surface area contributed by atoms with Crippen molar-refractivity contribution < 1.29 is 4.52 Å². The van der Waals surface area contributed by atoms with Crippen LogP contribution in [0.2, 0.25) is 0 Å². The Morgan fingerprint density at radius 1 is 1.50 bits per heavy atom. The van der Waals surface area contributed by atoms with E-state index in [9.17, 15) is 0 Å². The summed E-state index contributed by atoms with van der Waals surface area (Å²) in [4.78, 5) is 8.46. The van der Waals surface area contributed by atoms with Crippen molar-refractivity contribution in [3.63, 3.8) is 0 Å². The average Bonchev–Trinajstić information content (AvgIpc) is 3.00. The van der Waals surface area contributed by atoms with Gasteiger partial charge >= 0.3 is 0 Å². The number of nitrogens with zero attached hydrogens (tertiary/aromatic N) is 4. The molecule has 2 aromatic heterocycles. The average molecular weight is 247 g/mol. The van der Waals surface area contributed by atoms with Gasteiger partial charge in [0, 0.05) is 12.2 Å². The summed E-state index contributed by atoms with van der Waals surface area (Å²) in [5.74, 6) is 1.30. The molecule has 0 spiro atoms. The van der Waals surface area contributed by atoms with E-state index in [1.54, 1.807) is 0 Å². The summed E-state index contributed by atoms with van der Waals surface area (Å²) >= 11 is 0. The fourth-order valence-corrected chi connectivity index (χ4v) is 2.41. The van der Waals surface area contributed by atoms with Gasteiger partial charge in [-0.05, 0) is 26.3 Å². The molecular formula is C12H17N5O. The molecule has 6 heteroatoms. The van der Waals surface area contributed by atoms with Crippen LogP contribution in [0.1, 0.15) is 42.7 Å². The van der Waals surface area contributed by atoms with Crippen LogP contribution in [0.4, 0.5) is 0 Å². The van der Waals surface area contributed by atoms with Gasteiger partial charge in [0.05, 0.1) is 12.0 Å². The summed E-state index contributed by atoms with van der Waals surface area (Å²) in [6.45, 7) is 3.49. The second-order valence-corrected chi connectivity index (χ2v) is 4.68. The smallest absolute Gasteiger partial charge is 0.246 e. The van der Waals surface area contributed by atoms with Gasteiger partial charge in [-0.25, -0.2) is 4.98 Å². The molecule has 1 fully saturated rings. The first-order chi connectivity index (χ1) is 8.83. The van der Waals surface area contributed by atoms with E-state index in [2.05, 4.69) is 25.0 Å². The Morgan fingerprint density at radius 3 is 3.17 bits per heavy atom. The van der Waals surface area contributed by atoms with Gasteiger partial charge in [-0.1, -0.05) is 11.6 Å². The summed E-state index contributed by atoms with van der Waals surface area (Å²) in [7, 11) is 0. The van der Waals surface area contributed by atoms with Crippen LogP contribution in [0.15, 0.2) is 17.0 Å². The van der Waals surface area contributed by atoms with E-state index in [1.165, 1.54) is 18.5 Å². The lowest BCUT2D eigenvalue weighted by Crippen LogP contribution is -2.28. The summed E-state index contributed by atoms with van der Waals surface area (Å²) in [5.41, 5.74) is 1.20. The quantitative estimate of drug-likeness (QED) is 0.888. The molecule has 0 aromatic carbocycles. The van der Waals surface area contributed by atoms with E-state index in [0.29, 0.717) is 24.3 Å². The van der Waals surface area contributed by atoms with Crippen molar-refractivity contribution in [1.82, 2.24) is 25.0 Å². The van der Waals surface area contributed by atoms with Gasteiger partial charge in [0.2, 0.25) is 5.89 Å². The molecular weight excluding hydrogens is 230 g/mol. The van der Waals surface area contributed by atoms with Crippen molar-refractivity contribution in [3.8, 4) is 0 Å². The highest BCUT2D eigenvalue weighted by Crippen LogP contribution is 2.22. The molecule has 0 bridgehead atoms. The largest absolute Gasteiger partial charge is 0.337 e. The highest BCUT2D eigenvalue weighted by Gasteiger charge is 2.19. The Morgan fingerprint density at radius 2 is 2.44 bits per heavy atom. The van der Waals surface area contributed by atoms with Crippen LogP contribution in [0.5, 0.6) is 0 Å². The fraction of sp³-hybridized carbons (Fsp3) is 0.583. The number of rotatable bonds is 3. The van der Waals surface area contributed by atoms with Crippen molar-refractivity contribution in [3.05, 3.63) is 29.9 Å². The second-order valence-electron chi connectivity index (χ2n) is 4.68. The maximum absolute atomic E-state index is 5.15. The molecule has 0 aliphatic carbocycles. The molecule has 1 aliphatic rings. The third-order valence-corrected chi connectivity index (χ3v) is 3.29. The summed E-state index contributed by atoms with van der Waals surface area (Å²) in [5, 5.41) is 7.33. The third-order valence-electron chi connectivity index (χ3n) is 3.29. The molecule has 3 heterocycles. The zero-order valence-corrected chi connectivity index (χ0v) is 10.5. The molecule has 0 saturated carbocycles. The van der Waals surface area contributed by atoms with Crippen LogP contribution in [-0.4, -0.2) is 26.2 Å². The van der Waals surface area contributed by atoms with Gasteiger partial charge in [0.15, 0.2) is 5.82 Å². The van der Waals surface area contributed by atoms with Gasteiger partial charge in [-0.3, -0.25) is 0 Å². The van der Waals surface area contributed by atoms with Crippen molar-refractivity contribution in [1.29, 1.82) is 0 Å². The minimum absolute atomic E-state index is 0.394. The minimum atomic E-state index is 0.394. The number of aryl methyl sites for hydroxylation is 1. The zero-order chi connectivity index (χ0) is 12.4. The standard InChI is InChI=1S/C12H17N5O/c1-9-15-12(18-16-9)7-17-8-13-6-11(17)10-4-2-3-5-14-10/h6,8,10,14H,2-5,7H2,1H3. The van der Waals surface area contributed by atoms with Crippen LogP contribution in [-0.2, 0) is 6.54 Å². The normalized spacial score (nSPS) is 20.2. The van der Waals surface area contributed by atoms with E-state index in [4.69, 9.17) is 4.52 Å². The first-order valence-corrected chi connectivity index (χ1v) is 6.35. The van der Waals surface area contributed by atoms with Gasteiger partial charge in [0.25, 0.3) is 0 Å². The molecule has 96 valence electrons. The predicted octanol–water partition coefficient (Wildman–Crippen LogP) is 1.44. The Balaban J connectivity index is 1.78. The minimum Gasteiger partial charge on any atom is -0.337 e. The molecule has 2 aromatic rings. The molecule has 18 heavy (non-hydrogen) atoms. The Kier molecular flexibility index (Phi) is 3.10. The van der Waals surface area contributed by atoms with Crippen LogP contribution in [0, 0.1) is 6.92 Å². The van der Waals surface area contributed by atoms with Gasteiger partial charge in [0.1, 0.15) is 6.54 Å². The van der Waals surface area contributed by atoms with E-state index >= 15 is 0 Å². The monoisotopic (exact) mass is 247 g/mol. The first-order valence-electron chi connectivity index (χ1n) is 6.35. The number of nitrogens with one attached hydrogen (secondary N) is 1. The molecule has 1 atom stereocenters. The molecule has 1 saturated heterocycles. The summed E-state index contributed by atoms with van der Waals surface area (Å²) < 4.78 is 7.23. The Labute approximate surface area is 105 Å². The SMILES string of the molecule is Cc1noc(Cn2cncc2C2CCCCN2)n1. The van der Waals surface area contributed by atoms with E-state index in [-0.39, 0.29) is 0 Å². The van der Waals surface area contributed by atoms with Crippen LogP contribution in [0.25, 0.3) is 0 Å². The molecule has 1 aliphatic heterocycles. The second kappa shape index (κ2) is 4.89. The van der Waals surface area contributed by atoms with Gasteiger partial charge < -0.3 is 14.4 Å². The highest BCUT2D eigenvalue weighted by molar-refractivity contribution is 5.07. The van der Waals surface area contributed by atoms with Crippen LogP contribution < -0.4 is 5.32 Å². The number of hydrogen-bond donors (Lipinski definition) is 1. The van der Waals surface area contributed by atoms with Crippen molar-refractivity contribution in [2.24, 2.45) is 0 Å². The molecule has 6 nitrogen and oxygen atoms in total. The molecule has 3 rings (SSSR count). The van der Waals surface area contributed by atoms with E-state index < -0.39 is 0 Å². The number of hydrogen-bond acceptors (Lipinski definition) is 5. The summed E-state index contributed by atoms with van der Waals surface area (Å²) in [6, 6.07) is 0.394. The van der Waals surface area contributed by atoms with E-state index in [1.807, 2.05) is 19.4 Å². The van der Waals surface area contributed by atoms with Crippen molar-refractivity contribution in [2.75, 3.05) is 6.54 Å². The van der Waals surface area contributed by atoms with Crippen LogP contribution >= 0.6 is 0 Å². The molecule has 0 amide bonds.